The molecule has 1 fully saturated rings. The van der Waals surface area contributed by atoms with E-state index in [4.69, 9.17) is 0 Å². The van der Waals surface area contributed by atoms with Crippen molar-refractivity contribution in [2.45, 2.75) is 76.5 Å². The van der Waals surface area contributed by atoms with Gasteiger partial charge in [-0.1, -0.05) is 74.8 Å². The standard InChI is InChI=1S/C25H29Br/c1-23(2)11-12-24(3,4)20-18(7-6-8-19(20)23)22-21-17-10-9-16(26)13-15(17)14-25(21,22)5/h6-10,13,21-22H,11-12,14H2,1-5H3. The van der Waals surface area contributed by atoms with Gasteiger partial charge < -0.3 is 0 Å². The molecule has 3 aliphatic carbocycles. The maximum Gasteiger partial charge on any atom is 0.0178 e. The highest BCUT2D eigenvalue weighted by atomic mass is 79.9. The largest absolute Gasteiger partial charge is 0.0617 e. The van der Waals surface area contributed by atoms with Crippen LogP contribution in [0.1, 0.15) is 87.1 Å². The molecule has 1 saturated carbocycles. The average molecular weight is 409 g/mol. The van der Waals surface area contributed by atoms with Crippen LogP contribution >= 0.6 is 15.9 Å². The molecular weight excluding hydrogens is 380 g/mol. The van der Waals surface area contributed by atoms with Crippen molar-refractivity contribution in [2.24, 2.45) is 5.41 Å². The van der Waals surface area contributed by atoms with Crippen LogP contribution in [0.2, 0.25) is 0 Å². The van der Waals surface area contributed by atoms with Crippen LogP contribution in [0.5, 0.6) is 0 Å². The Morgan fingerprint density at radius 1 is 0.846 bits per heavy atom. The van der Waals surface area contributed by atoms with Crippen LogP contribution < -0.4 is 0 Å². The van der Waals surface area contributed by atoms with Crippen molar-refractivity contribution in [1.29, 1.82) is 0 Å². The van der Waals surface area contributed by atoms with Crippen molar-refractivity contribution >= 4 is 15.9 Å². The maximum atomic E-state index is 3.65. The van der Waals surface area contributed by atoms with Crippen molar-refractivity contribution in [3.8, 4) is 0 Å². The van der Waals surface area contributed by atoms with Gasteiger partial charge in [0.2, 0.25) is 0 Å². The molecule has 3 aliphatic rings. The number of halogens is 1. The van der Waals surface area contributed by atoms with Crippen molar-refractivity contribution < 1.29 is 0 Å². The first-order chi connectivity index (χ1) is 12.2. The Labute approximate surface area is 166 Å². The maximum absolute atomic E-state index is 3.65. The van der Waals surface area contributed by atoms with Crippen LogP contribution in [0, 0.1) is 5.41 Å². The molecule has 0 bridgehead atoms. The zero-order valence-corrected chi connectivity index (χ0v) is 18.2. The first-order valence-corrected chi connectivity index (χ1v) is 10.9. The van der Waals surface area contributed by atoms with Crippen LogP contribution in [0.25, 0.3) is 0 Å². The molecule has 3 unspecified atom stereocenters. The van der Waals surface area contributed by atoms with Crippen LogP contribution in [-0.4, -0.2) is 0 Å². The molecule has 0 heterocycles. The molecule has 136 valence electrons. The van der Waals surface area contributed by atoms with E-state index < -0.39 is 0 Å². The van der Waals surface area contributed by atoms with Gasteiger partial charge >= 0.3 is 0 Å². The van der Waals surface area contributed by atoms with E-state index in [1.165, 1.54) is 23.7 Å². The predicted molar refractivity (Wildman–Crippen MR) is 113 cm³/mol. The van der Waals surface area contributed by atoms with Crippen molar-refractivity contribution in [3.63, 3.8) is 0 Å². The summed E-state index contributed by atoms with van der Waals surface area (Å²) in [5, 5.41) is 0. The Morgan fingerprint density at radius 2 is 1.54 bits per heavy atom. The molecule has 3 atom stereocenters. The zero-order chi connectivity index (χ0) is 18.5. The molecule has 26 heavy (non-hydrogen) atoms. The van der Waals surface area contributed by atoms with Gasteiger partial charge in [-0.2, -0.15) is 0 Å². The number of hydrogen-bond acceptors (Lipinski definition) is 0. The lowest BCUT2D eigenvalue weighted by atomic mass is 9.61. The minimum atomic E-state index is 0.289. The fraction of sp³-hybridized carbons (Fsp3) is 0.520. The van der Waals surface area contributed by atoms with Crippen LogP contribution in [0.4, 0.5) is 0 Å². The van der Waals surface area contributed by atoms with Crippen LogP contribution in [0.3, 0.4) is 0 Å². The van der Waals surface area contributed by atoms with E-state index in [9.17, 15) is 0 Å². The summed E-state index contributed by atoms with van der Waals surface area (Å²) in [6.07, 6.45) is 3.81. The minimum absolute atomic E-state index is 0.289. The van der Waals surface area contributed by atoms with Gasteiger partial charge in [-0.3, -0.25) is 0 Å². The monoisotopic (exact) mass is 408 g/mol. The summed E-state index contributed by atoms with van der Waals surface area (Å²) < 4.78 is 1.22. The number of fused-ring (bicyclic) bond motifs is 4. The van der Waals surface area contributed by atoms with Gasteiger partial charge in [0.25, 0.3) is 0 Å². The molecule has 0 spiro atoms. The molecule has 0 saturated heterocycles. The highest BCUT2D eigenvalue weighted by Crippen LogP contribution is 2.76. The number of rotatable bonds is 1. The summed E-state index contributed by atoms with van der Waals surface area (Å²) in [6, 6.07) is 14.1. The molecule has 0 N–H and O–H groups in total. The van der Waals surface area contributed by atoms with Crippen molar-refractivity contribution in [3.05, 3.63) is 68.7 Å². The Hall–Kier alpha value is -1.08. The smallest absolute Gasteiger partial charge is 0.0178 e. The lowest BCUT2D eigenvalue weighted by Gasteiger charge is -2.43. The summed E-state index contributed by atoms with van der Waals surface area (Å²) in [5.41, 5.74) is 9.10. The SMILES string of the molecule is CC1(C)CCC(C)(C)c2c(C3C4c5ccc(Br)cc5CC43C)cccc21. The molecule has 2 aromatic carbocycles. The fourth-order valence-electron chi connectivity index (χ4n) is 6.33. The third-order valence-electron chi connectivity index (χ3n) is 7.87. The lowest BCUT2D eigenvalue weighted by molar-refractivity contribution is 0.328. The highest BCUT2D eigenvalue weighted by molar-refractivity contribution is 9.10. The predicted octanol–water partition coefficient (Wildman–Crippen LogP) is 7.24. The molecule has 2 aromatic rings. The first-order valence-electron chi connectivity index (χ1n) is 10.1. The van der Waals surface area contributed by atoms with E-state index in [-0.39, 0.29) is 5.41 Å². The molecule has 0 radical (unpaired) electrons. The molecular formula is C25H29Br. The van der Waals surface area contributed by atoms with E-state index in [2.05, 4.69) is 86.9 Å². The second kappa shape index (κ2) is 5.04. The second-order valence-corrected chi connectivity index (χ2v) is 11.4. The summed E-state index contributed by atoms with van der Waals surface area (Å²) in [6.45, 7) is 12.3. The van der Waals surface area contributed by atoms with E-state index in [0.717, 1.165) is 0 Å². The van der Waals surface area contributed by atoms with Gasteiger partial charge in [0, 0.05) is 4.47 Å². The fourth-order valence-corrected chi connectivity index (χ4v) is 6.74. The molecule has 5 rings (SSSR count). The molecule has 0 nitrogen and oxygen atoms in total. The first kappa shape index (κ1) is 17.0. The van der Waals surface area contributed by atoms with Gasteiger partial charge in [0.05, 0.1) is 0 Å². The van der Waals surface area contributed by atoms with Gasteiger partial charge in [-0.15, -0.1) is 0 Å². The van der Waals surface area contributed by atoms with Crippen molar-refractivity contribution in [2.75, 3.05) is 0 Å². The van der Waals surface area contributed by atoms with Crippen molar-refractivity contribution in [1.82, 2.24) is 0 Å². The summed E-state index contributed by atoms with van der Waals surface area (Å²) in [5.74, 6) is 1.40. The highest BCUT2D eigenvalue weighted by Gasteiger charge is 2.66. The van der Waals surface area contributed by atoms with E-state index in [1.54, 1.807) is 27.8 Å². The zero-order valence-electron chi connectivity index (χ0n) is 16.6. The molecule has 0 aromatic heterocycles. The number of hydrogen-bond donors (Lipinski definition) is 0. The Bertz CT molecular complexity index is 920. The summed E-state index contributed by atoms with van der Waals surface area (Å²) >= 11 is 3.65. The number of benzene rings is 2. The topological polar surface area (TPSA) is 0 Å². The average Bonchev–Trinajstić information content (AvgIpc) is 3.04. The molecule has 1 heteroatoms. The minimum Gasteiger partial charge on any atom is -0.0617 e. The van der Waals surface area contributed by atoms with E-state index >= 15 is 0 Å². The van der Waals surface area contributed by atoms with Gasteiger partial charge in [0.1, 0.15) is 0 Å². The lowest BCUT2D eigenvalue weighted by Crippen LogP contribution is -2.35. The van der Waals surface area contributed by atoms with E-state index in [0.29, 0.717) is 22.7 Å². The summed E-state index contributed by atoms with van der Waals surface area (Å²) in [4.78, 5) is 0. The normalized spacial score (nSPS) is 32.5. The third-order valence-corrected chi connectivity index (χ3v) is 8.36. The molecule has 0 amide bonds. The van der Waals surface area contributed by atoms with Gasteiger partial charge in [-0.25, -0.2) is 0 Å². The Balaban J connectivity index is 1.65. The van der Waals surface area contributed by atoms with Crippen LogP contribution in [0.15, 0.2) is 40.9 Å². The quantitative estimate of drug-likeness (QED) is 0.466. The Kier molecular flexibility index (Phi) is 3.31. The van der Waals surface area contributed by atoms with Gasteiger partial charge in [-0.05, 0) is 87.3 Å². The third kappa shape index (κ3) is 2.13. The van der Waals surface area contributed by atoms with Crippen LogP contribution in [-0.2, 0) is 17.3 Å². The molecule has 0 aliphatic heterocycles. The second-order valence-electron chi connectivity index (χ2n) is 10.5. The van der Waals surface area contributed by atoms with E-state index in [1.807, 2.05) is 0 Å². The van der Waals surface area contributed by atoms with Gasteiger partial charge in [0.15, 0.2) is 0 Å². The Morgan fingerprint density at radius 3 is 2.31 bits per heavy atom. The summed E-state index contributed by atoms with van der Waals surface area (Å²) in [7, 11) is 0.